The summed E-state index contributed by atoms with van der Waals surface area (Å²) >= 11 is 4.80. The van der Waals surface area contributed by atoms with Gasteiger partial charge in [-0.3, -0.25) is 0 Å². The van der Waals surface area contributed by atoms with E-state index in [1.807, 2.05) is 6.07 Å². The molecule has 1 aromatic carbocycles. The molecule has 2 aromatic rings. The van der Waals surface area contributed by atoms with E-state index in [4.69, 9.17) is 0 Å². The number of benzene rings is 1. The molecule has 1 nitrogen and oxygen atoms in total. The van der Waals surface area contributed by atoms with Gasteiger partial charge in [0.15, 0.2) is 0 Å². The first-order valence-electron chi connectivity index (χ1n) is 5.80. The monoisotopic (exact) mass is 328 g/mol. The van der Waals surface area contributed by atoms with Gasteiger partial charge >= 0.3 is 0 Å². The lowest BCUT2D eigenvalue weighted by Crippen LogP contribution is -2.01. The van der Waals surface area contributed by atoms with Crippen molar-refractivity contribution in [3.63, 3.8) is 0 Å². The number of hydrogen-bond donors (Lipinski definition) is 1. The Morgan fingerprint density at radius 3 is 2.61 bits per heavy atom. The number of aliphatic hydroxyl groups excluding tert-OH is 1. The van der Waals surface area contributed by atoms with Gasteiger partial charge in [-0.25, -0.2) is 4.39 Å². The third-order valence-electron chi connectivity index (χ3n) is 2.79. The van der Waals surface area contributed by atoms with E-state index in [0.29, 0.717) is 16.5 Å². The van der Waals surface area contributed by atoms with Crippen LogP contribution in [0.4, 0.5) is 4.39 Å². The van der Waals surface area contributed by atoms with Gasteiger partial charge in [0.05, 0.1) is 10.6 Å². The Morgan fingerprint density at radius 2 is 2.00 bits per heavy atom. The molecule has 4 heteroatoms. The van der Waals surface area contributed by atoms with Gasteiger partial charge < -0.3 is 5.11 Å². The van der Waals surface area contributed by atoms with Gasteiger partial charge in [-0.2, -0.15) is 0 Å². The van der Waals surface area contributed by atoms with E-state index < -0.39 is 6.10 Å². The molecule has 0 saturated heterocycles. The van der Waals surface area contributed by atoms with E-state index in [2.05, 4.69) is 28.9 Å². The van der Waals surface area contributed by atoms with E-state index >= 15 is 0 Å². The van der Waals surface area contributed by atoms with Gasteiger partial charge in [0.1, 0.15) is 5.82 Å². The number of rotatable bonds is 4. The molecule has 0 saturated carbocycles. The number of aryl methyl sites for hydroxylation is 1. The number of hydrogen-bond acceptors (Lipinski definition) is 2. The van der Waals surface area contributed by atoms with Crippen molar-refractivity contribution < 1.29 is 9.50 Å². The topological polar surface area (TPSA) is 20.2 Å². The van der Waals surface area contributed by atoms with E-state index in [9.17, 15) is 9.50 Å². The van der Waals surface area contributed by atoms with Crippen molar-refractivity contribution in [2.45, 2.75) is 25.9 Å². The number of aliphatic hydroxyl groups is 1. The normalized spacial score (nSPS) is 12.7. The van der Waals surface area contributed by atoms with Crippen molar-refractivity contribution in [1.82, 2.24) is 0 Å². The summed E-state index contributed by atoms with van der Waals surface area (Å²) in [6.45, 7) is 2.11. The zero-order chi connectivity index (χ0) is 13.1. The molecule has 0 amide bonds. The summed E-state index contributed by atoms with van der Waals surface area (Å²) in [5, 5.41) is 10.1. The highest BCUT2D eigenvalue weighted by Gasteiger charge is 2.12. The SMILES string of the molecule is CCc1ccc(CC(O)c2ccc(Br)c(F)c2)s1. The van der Waals surface area contributed by atoms with E-state index in [1.54, 1.807) is 23.5 Å². The number of halogens is 2. The van der Waals surface area contributed by atoms with Crippen LogP contribution in [0, 0.1) is 5.82 Å². The molecule has 1 unspecified atom stereocenters. The maximum atomic E-state index is 13.4. The maximum absolute atomic E-state index is 13.4. The molecular formula is C14H14BrFOS. The third-order valence-corrected chi connectivity index (χ3v) is 4.68. The Balaban J connectivity index is 2.11. The summed E-state index contributed by atoms with van der Waals surface area (Å²) in [5.74, 6) is -0.341. The average molecular weight is 329 g/mol. The minimum Gasteiger partial charge on any atom is -0.388 e. The van der Waals surface area contributed by atoms with Gasteiger partial charge in [-0.05, 0) is 52.2 Å². The molecule has 1 atom stereocenters. The van der Waals surface area contributed by atoms with Crippen LogP contribution in [-0.4, -0.2) is 5.11 Å². The predicted molar refractivity (Wildman–Crippen MR) is 76.5 cm³/mol. The van der Waals surface area contributed by atoms with Crippen molar-refractivity contribution in [2.24, 2.45) is 0 Å². The van der Waals surface area contributed by atoms with Crippen molar-refractivity contribution in [3.8, 4) is 0 Å². The summed E-state index contributed by atoms with van der Waals surface area (Å²) in [5.41, 5.74) is 0.613. The van der Waals surface area contributed by atoms with Crippen LogP contribution in [0.1, 0.15) is 28.3 Å². The smallest absolute Gasteiger partial charge is 0.137 e. The minimum absolute atomic E-state index is 0.341. The van der Waals surface area contributed by atoms with Gasteiger partial charge in [-0.1, -0.05) is 13.0 Å². The second-order valence-electron chi connectivity index (χ2n) is 4.12. The van der Waals surface area contributed by atoms with Crippen LogP contribution < -0.4 is 0 Å². The lowest BCUT2D eigenvalue weighted by molar-refractivity contribution is 0.179. The van der Waals surface area contributed by atoms with Crippen molar-refractivity contribution in [2.75, 3.05) is 0 Å². The molecule has 0 radical (unpaired) electrons. The first kappa shape index (κ1) is 13.7. The summed E-state index contributed by atoms with van der Waals surface area (Å²) in [6.07, 6.45) is 0.885. The summed E-state index contributed by atoms with van der Waals surface area (Å²) < 4.78 is 13.8. The van der Waals surface area contributed by atoms with Crippen LogP contribution in [0.3, 0.4) is 0 Å². The molecule has 0 aliphatic carbocycles. The van der Waals surface area contributed by atoms with E-state index in [-0.39, 0.29) is 5.82 Å². The summed E-state index contributed by atoms with van der Waals surface area (Å²) in [7, 11) is 0. The molecule has 0 aliphatic heterocycles. The molecule has 18 heavy (non-hydrogen) atoms. The highest BCUT2D eigenvalue weighted by atomic mass is 79.9. The second-order valence-corrected chi connectivity index (χ2v) is 6.22. The van der Waals surface area contributed by atoms with Crippen molar-refractivity contribution >= 4 is 27.3 Å². The Kier molecular flexibility index (Phi) is 4.54. The third kappa shape index (κ3) is 3.19. The first-order valence-corrected chi connectivity index (χ1v) is 7.41. The fourth-order valence-electron chi connectivity index (χ4n) is 1.75. The average Bonchev–Trinajstić information content (AvgIpc) is 2.80. The molecule has 0 fully saturated rings. The lowest BCUT2D eigenvalue weighted by atomic mass is 10.1. The first-order chi connectivity index (χ1) is 8.60. The molecule has 1 N–H and O–H groups in total. The van der Waals surface area contributed by atoms with Crippen molar-refractivity contribution in [1.29, 1.82) is 0 Å². The van der Waals surface area contributed by atoms with Crippen LogP contribution in [0.2, 0.25) is 0 Å². The van der Waals surface area contributed by atoms with Crippen LogP contribution in [-0.2, 0) is 12.8 Å². The largest absolute Gasteiger partial charge is 0.388 e. The molecule has 2 rings (SSSR count). The van der Waals surface area contributed by atoms with Gasteiger partial charge in [0.25, 0.3) is 0 Å². The van der Waals surface area contributed by atoms with Crippen LogP contribution in [0.5, 0.6) is 0 Å². The zero-order valence-electron chi connectivity index (χ0n) is 9.99. The van der Waals surface area contributed by atoms with Gasteiger partial charge in [-0.15, -0.1) is 11.3 Å². The van der Waals surface area contributed by atoms with Gasteiger partial charge in [0, 0.05) is 16.2 Å². The minimum atomic E-state index is -0.657. The van der Waals surface area contributed by atoms with Crippen molar-refractivity contribution in [3.05, 3.63) is 55.9 Å². The molecule has 0 spiro atoms. The summed E-state index contributed by atoms with van der Waals surface area (Å²) in [6, 6.07) is 8.85. The molecular weight excluding hydrogens is 315 g/mol. The Bertz CT molecular complexity index is 538. The fourth-order valence-corrected chi connectivity index (χ4v) is 2.99. The highest BCUT2D eigenvalue weighted by Crippen LogP contribution is 2.26. The fraction of sp³-hybridized carbons (Fsp3) is 0.286. The molecule has 0 bridgehead atoms. The molecule has 96 valence electrons. The zero-order valence-corrected chi connectivity index (χ0v) is 12.4. The quantitative estimate of drug-likeness (QED) is 0.876. The van der Waals surface area contributed by atoms with Crippen LogP contribution in [0.15, 0.2) is 34.8 Å². The molecule has 0 aliphatic rings. The maximum Gasteiger partial charge on any atom is 0.137 e. The predicted octanol–water partition coefficient (Wildman–Crippen LogP) is 4.49. The van der Waals surface area contributed by atoms with E-state index in [1.165, 1.54) is 10.9 Å². The molecule has 1 heterocycles. The highest BCUT2D eigenvalue weighted by molar-refractivity contribution is 9.10. The molecule has 1 aromatic heterocycles. The Morgan fingerprint density at radius 1 is 1.28 bits per heavy atom. The van der Waals surface area contributed by atoms with Crippen LogP contribution in [0.25, 0.3) is 0 Å². The van der Waals surface area contributed by atoms with Gasteiger partial charge in [0.2, 0.25) is 0 Å². The van der Waals surface area contributed by atoms with E-state index in [0.717, 1.165) is 11.3 Å². The lowest BCUT2D eigenvalue weighted by Gasteiger charge is -2.10. The Labute approximate surface area is 118 Å². The summed E-state index contributed by atoms with van der Waals surface area (Å²) in [4.78, 5) is 2.43. The van der Waals surface area contributed by atoms with Crippen LogP contribution >= 0.6 is 27.3 Å². The Hall–Kier alpha value is -0.710. The standard InChI is InChI=1S/C14H14BrFOS/c1-2-10-4-5-11(18-10)8-14(17)9-3-6-12(15)13(16)7-9/h3-7,14,17H,2,8H2,1H3. The second kappa shape index (κ2) is 5.95. The number of thiophene rings is 1.